The van der Waals surface area contributed by atoms with Crippen LogP contribution in [-0.2, 0) is 9.59 Å². The van der Waals surface area contributed by atoms with Crippen LogP contribution in [0.1, 0.15) is 39.5 Å². The molecule has 2 saturated heterocycles. The number of rotatable bonds is 4. The van der Waals surface area contributed by atoms with Gasteiger partial charge in [0.05, 0.1) is 6.04 Å². The molecule has 0 aromatic heterocycles. The van der Waals surface area contributed by atoms with Crippen LogP contribution in [0.3, 0.4) is 0 Å². The molecule has 0 spiro atoms. The fourth-order valence-electron chi connectivity index (χ4n) is 3.07. The van der Waals surface area contributed by atoms with Gasteiger partial charge >= 0.3 is 0 Å². The molecular formula is C15H26FN3O2. The van der Waals surface area contributed by atoms with E-state index in [-0.39, 0.29) is 17.9 Å². The van der Waals surface area contributed by atoms with Crippen molar-refractivity contribution < 1.29 is 14.0 Å². The van der Waals surface area contributed by atoms with Crippen LogP contribution < -0.4 is 10.6 Å². The fourth-order valence-corrected chi connectivity index (χ4v) is 3.07. The summed E-state index contributed by atoms with van der Waals surface area (Å²) in [7, 11) is 0. The van der Waals surface area contributed by atoms with E-state index in [0.717, 1.165) is 32.2 Å². The van der Waals surface area contributed by atoms with Gasteiger partial charge in [-0.1, -0.05) is 0 Å². The Morgan fingerprint density at radius 1 is 1.33 bits per heavy atom. The number of piperidine rings is 1. The van der Waals surface area contributed by atoms with E-state index in [1.165, 1.54) is 13.8 Å². The van der Waals surface area contributed by atoms with Crippen LogP contribution in [-0.4, -0.2) is 54.6 Å². The summed E-state index contributed by atoms with van der Waals surface area (Å²) in [5.74, 6) is -0.187. The van der Waals surface area contributed by atoms with E-state index in [1.807, 2.05) is 0 Å². The molecule has 2 atom stereocenters. The minimum absolute atomic E-state index is 0.0433. The summed E-state index contributed by atoms with van der Waals surface area (Å²) in [4.78, 5) is 25.5. The molecule has 2 heterocycles. The lowest BCUT2D eigenvalue weighted by Gasteiger charge is -2.35. The van der Waals surface area contributed by atoms with Crippen LogP contribution in [0, 0.1) is 5.92 Å². The molecule has 2 aliphatic rings. The van der Waals surface area contributed by atoms with Crippen molar-refractivity contribution >= 4 is 11.8 Å². The minimum atomic E-state index is -1.82. The summed E-state index contributed by atoms with van der Waals surface area (Å²) >= 11 is 0. The molecule has 6 heteroatoms. The average Bonchev–Trinajstić information content (AvgIpc) is 2.97. The van der Waals surface area contributed by atoms with Crippen LogP contribution >= 0.6 is 0 Å². The Bertz CT molecular complexity index is 389. The zero-order valence-corrected chi connectivity index (χ0v) is 13.0. The summed E-state index contributed by atoms with van der Waals surface area (Å²) in [6.07, 6.45) is 3.76. The number of halogens is 1. The molecule has 2 aliphatic heterocycles. The van der Waals surface area contributed by atoms with E-state index in [4.69, 9.17) is 0 Å². The second kappa shape index (κ2) is 6.73. The third kappa shape index (κ3) is 4.40. The van der Waals surface area contributed by atoms with Crippen molar-refractivity contribution in [2.75, 3.05) is 26.2 Å². The number of carbonyl (C=O) groups is 2. The fraction of sp³-hybridized carbons (Fsp3) is 0.867. The van der Waals surface area contributed by atoms with Crippen LogP contribution in [0.5, 0.6) is 0 Å². The highest BCUT2D eigenvalue weighted by Crippen LogP contribution is 2.21. The van der Waals surface area contributed by atoms with Crippen molar-refractivity contribution in [3.05, 3.63) is 0 Å². The van der Waals surface area contributed by atoms with E-state index in [1.54, 1.807) is 4.90 Å². The van der Waals surface area contributed by atoms with Gasteiger partial charge < -0.3 is 15.5 Å². The number of amides is 2. The van der Waals surface area contributed by atoms with Crippen molar-refractivity contribution in [2.24, 2.45) is 5.92 Å². The SMILES string of the molecule is CC(C)(F)C(=O)N1CCCC(CNC(=O)C2CCCN2)C1. The molecule has 5 nitrogen and oxygen atoms in total. The average molecular weight is 299 g/mol. The Morgan fingerprint density at radius 2 is 2.10 bits per heavy atom. The second-order valence-electron chi connectivity index (χ2n) is 6.63. The minimum Gasteiger partial charge on any atom is -0.354 e. The number of hydrogen-bond donors (Lipinski definition) is 2. The molecule has 0 bridgehead atoms. The van der Waals surface area contributed by atoms with Gasteiger partial charge in [-0.3, -0.25) is 9.59 Å². The zero-order valence-electron chi connectivity index (χ0n) is 13.0. The molecule has 21 heavy (non-hydrogen) atoms. The maximum absolute atomic E-state index is 13.7. The molecule has 2 N–H and O–H groups in total. The molecule has 2 amide bonds. The third-order valence-electron chi connectivity index (χ3n) is 4.26. The van der Waals surface area contributed by atoms with E-state index >= 15 is 0 Å². The highest BCUT2D eigenvalue weighted by molar-refractivity contribution is 5.84. The summed E-state index contributed by atoms with van der Waals surface area (Å²) in [5.41, 5.74) is -1.82. The number of likely N-dealkylation sites (tertiary alicyclic amines) is 1. The quantitative estimate of drug-likeness (QED) is 0.809. The topological polar surface area (TPSA) is 61.4 Å². The Morgan fingerprint density at radius 3 is 2.71 bits per heavy atom. The molecule has 2 fully saturated rings. The molecule has 2 rings (SSSR count). The molecule has 120 valence electrons. The number of carbonyl (C=O) groups excluding carboxylic acids is 2. The van der Waals surface area contributed by atoms with Gasteiger partial charge in [0, 0.05) is 19.6 Å². The van der Waals surface area contributed by atoms with Crippen molar-refractivity contribution in [2.45, 2.75) is 51.2 Å². The van der Waals surface area contributed by atoms with Crippen molar-refractivity contribution in [1.29, 1.82) is 0 Å². The van der Waals surface area contributed by atoms with Gasteiger partial charge in [-0.15, -0.1) is 0 Å². The Kier molecular flexibility index (Phi) is 5.19. The molecule has 0 saturated carbocycles. The van der Waals surface area contributed by atoms with Gasteiger partial charge in [0.25, 0.3) is 5.91 Å². The zero-order chi connectivity index (χ0) is 15.5. The van der Waals surface area contributed by atoms with Gasteiger partial charge in [-0.25, -0.2) is 4.39 Å². The maximum atomic E-state index is 13.7. The summed E-state index contributed by atoms with van der Waals surface area (Å²) in [6.45, 7) is 5.20. The first-order valence-electron chi connectivity index (χ1n) is 7.87. The highest BCUT2D eigenvalue weighted by Gasteiger charge is 2.34. The van der Waals surface area contributed by atoms with Gasteiger partial charge in [0.2, 0.25) is 5.91 Å². The predicted octanol–water partition coefficient (Wildman–Crippen LogP) is 0.841. The lowest BCUT2D eigenvalue weighted by Crippen LogP contribution is -2.50. The summed E-state index contributed by atoms with van der Waals surface area (Å²) in [6, 6.07) is -0.0731. The second-order valence-corrected chi connectivity index (χ2v) is 6.63. The largest absolute Gasteiger partial charge is 0.354 e. The lowest BCUT2D eigenvalue weighted by atomic mass is 9.96. The maximum Gasteiger partial charge on any atom is 0.259 e. The molecular weight excluding hydrogens is 273 g/mol. The van der Waals surface area contributed by atoms with Crippen LogP contribution in [0.25, 0.3) is 0 Å². The first-order chi connectivity index (χ1) is 9.88. The number of alkyl halides is 1. The Balaban J connectivity index is 1.78. The number of hydrogen-bond acceptors (Lipinski definition) is 3. The molecule has 0 aliphatic carbocycles. The van der Waals surface area contributed by atoms with E-state index in [2.05, 4.69) is 10.6 Å². The molecule has 0 aromatic rings. The summed E-state index contributed by atoms with van der Waals surface area (Å²) < 4.78 is 13.7. The standard InChI is InChI=1S/C15H26FN3O2/c1-15(2,16)14(21)19-8-4-5-11(10-19)9-18-13(20)12-6-3-7-17-12/h11-12,17H,3-10H2,1-2H3,(H,18,20). The van der Waals surface area contributed by atoms with E-state index < -0.39 is 11.6 Å². The van der Waals surface area contributed by atoms with Gasteiger partial charge in [0.15, 0.2) is 5.67 Å². The smallest absolute Gasteiger partial charge is 0.259 e. The third-order valence-corrected chi connectivity index (χ3v) is 4.26. The van der Waals surface area contributed by atoms with Gasteiger partial charge in [0.1, 0.15) is 0 Å². The van der Waals surface area contributed by atoms with Crippen LogP contribution in [0.2, 0.25) is 0 Å². The normalized spacial score (nSPS) is 26.7. The van der Waals surface area contributed by atoms with Crippen molar-refractivity contribution in [3.8, 4) is 0 Å². The van der Waals surface area contributed by atoms with Crippen LogP contribution in [0.4, 0.5) is 4.39 Å². The number of nitrogens with one attached hydrogen (secondary N) is 2. The summed E-state index contributed by atoms with van der Waals surface area (Å²) in [5, 5.41) is 6.12. The van der Waals surface area contributed by atoms with Crippen molar-refractivity contribution in [3.63, 3.8) is 0 Å². The van der Waals surface area contributed by atoms with Crippen molar-refractivity contribution in [1.82, 2.24) is 15.5 Å². The molecule has 0 radical (unpaired) electrons. The van der Waals surface area contributed by atoms with Gasteiger partial charge in [-0.05, 0) is 52.0 Å². The highest BCUT2D eigenvalue weighted by atomic mass is 19.1. The van der Waals surface area contributed by atoms with E-state index in [0.29, 0.717) is 19.6 Å². The molecule has 2 unspecified atom stereocenters. The predicted molar refractivity (Wildman–Crippen MR) is 78.5 cm³/mol. The van der Waals surface area contributed by atoms with Gasteiger partial charge in [-0.2, -0.15) is 0 Å². The Hall–Kier alpha value is -1.17. The van der Waals surface area contributed by atoms with E-state index in [9.17, 15) is 14.0 Å². The monoisotopic (exact) mass is 299 g/mol. The Labute approximate surface area is 125 Å². The number of nitrogens with zero attached hydrogens (tertiary/aromatic N) is 1. The molecule has 0 aromatic carbocycles. The van der Waals surface area contributed by atoms with Crippen LogP contribution in [0.15, 0.2) is 0 Å². The first kappa shape index (κ1) is 16.2. The first-order valence-corrected chi connectivity index (χ1v) is 7.87. The lowest BCUT2D eigenvalue weighted by molar-refractivity contribution is -0.143.